The number of guanidine groups is 1. The van der Waals surface area contributed by atoms with Gasteiger partial charge in [-0.2, -0.15) is 0 Å². The third-order valence-corrected chi connectivity index (χ3v) is 4.45. The maximum atomic E-state index is 4.69. The second-order valence-electron chi connectivity index (χ2n) is 6.49. The number of aromatic nitrogens is 1. The summed E-state index contributed by atoms with van der Waals surface area (Å²) in [7, 11) is 0. The van der Waals surface area contributed by atoms with Crippen molar-refractivity contribution in [1.29, 1.82) is 0 Å². The highest BCUT2D eigenvalue weighted by Gasteiger charge is 2.14. The van der Waals surface area contributed by atoms with Gasteiger partial charge in [0.15, 0.2) is 5.96 Å². The van der Waals surface area contributed by atoms with Gasteiger partial charge >= 0.3 is 0 Å². The van der Waals surface area contributed by atoms with Crippen LogP contribution >= 0.6 is 0 Å². The van der Waals surface area contributed by atoms with Gasteiger partial charge in [-0.05, 0) is 63.9 Å². The van der Waals surface area contributed by atoms with Gasteiger partial charge in [0.05, 0.1) is 0 Å². The van der Waals surface area contributed by atoms with Crippen molar-refractivity contribution in [3.05, 3.63) is 24.5 Å². The second kappa shape index (κ2) is 10.3. The number of piperidine rings is 1. The largest absolute Gasteiger partial charge is 0.357 e. The molecule has 2 N–H and O–H groups in total. The number of nitrogens with zero attached hydrogens (tertiary/aromatic N) is 3. The molecule has 1 aliphatic rings. The van der Waals surface area contributed by atoms with Crippen LogP contribution in [0.25, 0.3) is 0 Å². The molecular formula is C18H33N5. The molecule has 0 amide bonds. The zero-order valence-corrected chi connectivity index (χ0v) is 14.8. The van der Waals surface area contributed by atoms with E-state index in [0.29, 0.717) is 0 Å². The second-order valence-corrected chi connectivity index (χ2v) is 6.49. The van der Waals surface area contributed by atoms with Gasteiger partial charge in [0, 0.05) is 38.6 Å². The molecule has 1 saturated heterocycles. The van der Waals surface area contributed by atoms with Crippen molar-refractivity contribution in [1.82, 2.24) is 20.1 Å². The summed E-state index contributed by atoms with van der Waals surface area (Å²) in [6.07, 6.45) is 8.03. The Labute approximate surface area is 141 Å². The van der Waals surface area contributed by atoms with Gasteiger partial charge in [0.1, 0.15) is 0 Å². The Morgan fingerprint density at radius 2 is 1.87 bits per heavy atom. The minimum atomic E-state index is 0.893. The molecule has 0 atom stereocenters. The van der Waals surface area contributed by atoms with E-state index in [1.807, 2.05) is 0 Å². The highest BCUT2D eigenvalue weighted by atomic mass is 15.2. The van der Waals surface area contributed by atoms with E-state index in [1.54, 1.807) is 0 Å². The van der Waals surface area contributed by atoms with Crippen molar-refractivity contribution < 1.29 is 0 Å². The molecule has 2 heterocycles. The Balaban J connectivity index is 1.62. The van der Waals surface area contributed by atoms with Crippen molar-refractivity contribution in [3.8, 4) is 0 Å². The topological polar surface area (TPSA) is 44.6 Å². The first-order valence-corrected chi connectivity index (χ1v) is 9.13. The molecule has 0 saturated carbocycles. The van der Waals surface area contributed by atoms with Crippen molar-refractivity contribution >= 4 is 5.96 Å². The smallest absolute Gasteiger partial charge is 0.191 e. The molecular weight excluding hydrogens is 286 g/mol. The summed E-state index contributed by atoms with van der Waals surface area (Å²) in [6.45, 7) is 11.8. The minimum Gasteiger partial charge on any atom is -0.357 e. The van der Waals surface area contributed by atoms with E-state index < -0.39 is 0 Å². The van der Waals surface area contributed by atoms with Gasteiger partial charge in [-0.25, -0.2) is 0 Å². The van der Waals surface area contributed by atoms with E-state index in [9.17, 15) is 0 Å². The first-order chi connectivity index (χ1) is 11.3. The number of nitrogens with one attached hydrogen (secondary N) is 2. The lowest BCUT2D eigenvalue weighted by molar-refractivity contribution is 0.192. The molecule has 1 fully saturated rings. The fraction of sp³-hybridized carbons (Fsp3) is 0.722. The molecule has 23 heavy (non-hydrogen) atoms. The number of hydrogen-bond donors (Lipinski definition) is 2. The summed E-state index contributed by atoms with van der Waals surface area (Å²) >= 11 is 0. The molecule has 0 spiro atoms. The van der Waals surface area contributed by atoms with Crippen LogP contribution in [-0.4, -0.2) is 54.7 Å². The van der Waals surface area contributed by atoms with Gasteiger partial charge in [-0.1, -0.05) is 6.92 Å². The molecule has 0 unspecified atom stereocenters. The fourth-order valence-corrected chi connectivity index (χ4v) is 2.94. The monoisotopic (exact) mass is 319 g/mol. The molecule has 2 rings (SSSR count). The number of likely N-dealkylation sites (tertiary alicyclic amines) is 1. The molecule has 0 radical (unpaired) electrons. The van der Waals surface area contributed by atoms with Crippen molar-refractivity contribution in [2.45, 2.75) is 39.7 Å². The van der Waals surface area contributed by atoms with Crippen LogP contribution in [-0.2, 0) is 6.54 Å². The zero-order valence-electron chi connectivity index (χ0n) is 14.8. The van der Waals surface area contributed by atoms with E-state index in [0.717, 1.165) is 44.5 Å². The van der Waals surface area contributed by atoms with Gasteiger partial charge in [0.2, 0.25) is 0 Å². The first-order valence-electron chi connectivity index (χ1n) is 9.13. The Morgan fingerprint density at radius 3 is 2.57 bits per heavy atom. The van der Waals surface area contributed by atoms with E-state index in [2.05, 4.69) is 58.5 Å². The molecule has 130 valence electrons. The van der Waals surface area contributed by atoms with Gasteiger partial charge in [-0.15, -0.1) is 0 Å². The highest BCUT2D eigenvalue weighted by molar-refractivity contribution is 5.79. The SMILES string of the molecule is CCNC(=NCCCN1CCC(C)CC1)NCCn1cccc1. The third kappa shape index (κ3) is 7.08. The van der Waals surface area contributed by atoms with Crippen molar-refractivity contribution in [3.63, 3.8) is 0 Å². The zero-order chi connectivity index (χ0) is 16.3. The van der Waals surface area contributed by atoms with Crippen LogP contribution in [0.15, 0.2) is 29.5 Å². The maximum absolute atomic E-state index is 4.69. The van der Waals surface area contributed by atoms with Crippen LogP contribution in [0.5, 0.6) is 0 Å². The van der Waals surface area contributed by atoms with Crippen LogP contribution < -0.4 is 10.6 Å². The highest BCUT2D eigenvalue weighted by Crippen LogP contribution is 2.15. The maximum Gasteiger partial charge on any atom is 0.191 e. The lowest BCUT2D eigenvalue weighted by Crippen LogP contribution is -2.39. The predicted octanol–water partition coefficient (Wildman–Crippen LogP) is 2.17. The summed E-state index contributed by atoms with van der Waals surface area (Å²) in [5.41, 5.74) is 0. The molecule has 5 heteroatoms. The Morgan fingerprint density at radius 1 is 1.13 bits per heavy atom. The Bertz CT molecular complexity index is 432. The van der Waals surface area contributed by atoms with E-state index in [1.165, 1.54) is 32.5 Å². The normalized spacial score (nSPS) is 17.4. The number of aliphatic imine (C=N–C) groups is 1. The Hall–Kier alpha value is -1.49. The quantitative estimate of drug-likeness (QED) is 0.438. The molecule has 1 aliphatic heterocycles. The standard InChI is InChI=1S/C18H33N5/c1-3-19-18(21-10-16-22-11-4-5-12-22)20-9-6-13-23-14-7-17(2)8-15-23/h4-5,11-12,17H,3,6-10,13-16H2,1-2H3,(H2,19,20,21). The van der Waals surface area contributed by atoms with Crippen LogP contribution in [0.4, 0.5) is 0 Å². The summed E-state index contributed by atoms with van der Waals surface area (Å²) < 4.78 is 2.17. The molecule has 0 aromatic carbocycles. The number of hydrogen-bond acceptors (Lipinski definition) is 2. The summed E-state index contributed by atoms with van der Waals surface area (Å²) in [5.74, 6) is 1.85. The van der Waals surface area contributed by atoms with Gasteiger partial charge < -0.3 is 20.1 Å². The lowest BCUT2D eigenvalue weighted by Gasteiger charge is -2.29. The summed E-state index contributed by atoms with van der Waals surface area (Å²) in [4.78, 5) is 7.28. The summed E-state index contributed by atoms with van der Waals surface area (Å²) in [6, 6.07) is 4.11. The summed E-state index contributed by atoms with van der Waals surface area (Å²) in [5, 5.41) is 6.73. The molecule has 5 nitrogen and oxygen atoms in total. The third-order valence-electron chi connectivity index (χ3n) is 4.45. The molecule has 1 aromatic rings. The Kier molecular flexibility index (Phi) is 8.01. The lowest BCUT2D eigenvalue weighted by atomic mass is 9.99. The number of rotatable bonds is 8. The van der Waals surface area contributed by atoms with Crippen molar-refractivity contribution in [2.75, 3.05) is 39.3 Å². The van der Waals surface area contributed by atoms with Crippen LogP contribution in [0.2, 0.25) is 0 Å². The van der Waals surface area contributed by atoms with Crippen LogP contribution in [0, 0.1) is 5.92 Å². The first kappa shape index (κ1) is 17.9. The van der Waals surface area contributed by atoms with E-state index >= 15 is 0 Å². The van der Waals surface area contributed by atoms with E-state index in [4.69, 9.17) is 4.99 Å². The van der Waals surface area contributed by atoms with Gasteiger partial charge in [-0.3, -0.25) is 4.99 Å². The predicted molar refractivity (Wildman–Crippen MR) is 97.9 cm³/mol. The molecule has 0 aliphatic carbocycles. The van der Waals surface area contributed by atoms with Crippen molar-refractivity contribution in [2.24, 2.45) is 10.9 Å². The average molecular weight is 319 g/mol. The van der Waals surface area contributed by atoms with E-state index in [-0.39, 0.29) is 0 Å². The van der Waals surface area contributed by atoms with Crippen LogP contribution in [0.1, 0.15) is 33.1 Å². The fourth-order valence-electron chi connectivity index (χ4n) is 2.94. The average Bonchev–Trinajstić information content (AvgIpc) is 3.06. The van der Waals surface area contributed by atoms with Gasteiger partial charge in [0.25, 0.3) is 0 Å². The molecule has 0 bridgehead atoms. The van der Waals surface area contributed by atoms with Crippen LogP contribution in [0.3, 0.4) is 0 Å². The molecule has 1 aromatic heterocycles. The minimum absolute atomic E-state index is 0.893.